The van der Waals surface area contributed by atoms with Crippen molar-refractivity contribution >= 4 is 43.2 Å². The van der Waals surface area contributed by atoms with Gasteiger partial charge in [0, 0.05) is 22.4 Å². The van der Waals surface area contributed by atoms with E-state index in [0.717, 1.165) is 5.52 Å². The number of nitrogens with zero attached hydrogens (tertiary/aromatic N) is 1. The van der Waals surface area contributed by atoms with E-state index in [4.69, 9.17) is 4.98 Å². The van der Waals surface area contributed by atoms with Crippen LogP contribution in [0, 0.1) is 0 Å². The van der Waals surface area contributed by atoms with Crippen molar-refractivity contribution in [2.75, 3.05) is 0 Å². The Hall–Kier alpha value is -5.27. The van der Waals surface area contributed by atoms with Crippen LogP contribution in [-0.2, 0) is 0 Å². The minimum absolute atomic E-state index is 1.01. The number of aromatic nitrogens is 1. The summed E-state index contributed by atoms with van der Waals surface area (Å²) in [4.78, 5) is 4.98. The zero-order chi connectivity index (χ0) is 26.5. The van der Waals surface area contributed by atoms with Crippen molar-refractivity contribution in [1.82, 2.24) is 4.98 Å². The third kappa shape index (κ3) is 3.45. The van der Waals surface area contributed by atoms with Crippen molar-refractivity contribution < 1.29 is 0 Å². The number of benzene rings is 7. The lowest BCUT2D eigenvalue weighted by Crippen LogP contribution is -1.94. The Kier molecular flexibility index (Phi) is 5.21. The Morgan fingerprint density at radius 1 is 0.325 bits per heavy atom. The second kappa shape index (κ2) is 9.18. The van der Waals surface area contributed by atoms with Crippen LogP contribution < -0.4 is 0 Å². The molecule has 0 N–H and O–H groups in total. The highest BCUT2D eigenvalue weighted by Crippen LogP contribution is 2.47. The Balaban J connectivity index is 1.57. The number of rotatable bonds is 3. The van der Waals surface area contributed by atoms with Crippen molar-refractivity contribution in [3.05, 3.63) is 152 Å². The third-order valence-corrected chi connectivity index (χ3v) is 8.10. The fraction of sp³-hybridized carbons (Fsp3) is 0. The molecule has 0 saturated heterocycles. The van der Waals surface area contributed by atoms with E-state index in [2.05, 4.69) is 152 Å². The fourth-order valence-electron chi connectivity index (χ4n) is 6.38. The van der Waals surface area contributed by atoms with Gasteiger partial charge >= 0.3 is 0 Å². The van der Waals surface area contributed by atoms with Crippen molar-refractivity contribution in [2.45, 2.75) is 0 Å². The van der Waals surface area contributed by atoms with Crippen molar-refractivity contribution in [3.8, 4) is 33.4 Å². The van der Waals surface area contributed by atoms with E-state index in [1.807, 2.05) is 0 Å². The Bertz CT molecular complexity index is 2200. The summed E-state index contributed by atoms with van der Waals surface area (Å²) in [7, 11) is 0. The van der Waals surface area contributed by atoms with Gasteiger partial charge in [-0.05, 0) is 61.0 Å². The molecule has 0 aliphatic carbocycles. The molecule has 0 aliphatic rings. The lowest BCUT2D eigenvalue weighted by molar-refractivity contribution is 1.45. The number of hydrogen-bond donors (Lipinski definition) is 0. The summed E-state index contributed by atoms with van der Waals surface area (Å²) < 4.78 is 0. The lowest BCUT2D eigenvalue weighted by atomic mass is 9.83. The average Bonchev–Trinajstić information content (AvgIpc) is 3.04. The van der Waals surface area contributed by atoms with Gasteiger partial charge in [-0.1, -0.05) is 140 Å². The molecule has 0 amide bonds. The molecule has 8 rings (SSSR count). The molecular weight excluding hydrogens is 482 g/mol. The minimum Gasteiger partial charge on any atom is -0.256 e. The summed E-state index contributed by atoms with van der Waals surface area (Å²) in [5.41, 5.74) is 8.44. The molecule has 0 atom stereocenters. The fourth-order valence-corrected chi connectivity index (χ4v) is 6.38. The van der Waals surface area contributed by atoms with Crippen molar-refractivity contribution in [2.24, 2.45) is 0 Å². The predicted molar refractivity (Wildman–Crippen MR) is 171 cm³/mol. The molecule has 0 aliphatic heterocycles. The Morgan fingerprint density at radius 3 is 1.52 bits per heavy atom. The SMILES string of the molecule is c1ccc(-c2ccc(-c3c4ccccc4c(-c4ccccc4)c4c3cnc3ccccc34)c3ccccc23)cc1. The molecular formula is C39H25N. The summed E-state index contributed by atoms with van der Waals surface area (Å²) in [6.07, 6.45) is 2.09. The first-order valence-electron chi connectivity index (χ1n) is 13.7. The highest BCUT2D eigenvalue weighted by Gasteiger charge is 2.20. The molecule has 1 aromatic heterocycles. The van der Waals surface area contributed by atoms with E-state index >= 15 is 0 Å². The topological polar surface area (TPSA) is 12.9 Å². The first-order chi connectivity index (χ1) is 19.9. The summed E-state index contributed by atoms with van der Waals surface area (Å²) in [5.74, 6) is 0. The first-order valence-corrected chi connectivity index (χ1v) is 13.7. The first kappa shape index (κ1) is 22.7. The van der Waals surface area contributed by atoms with Gasteiger partial charge in [0.25, 0.3) is 0 Å². The average molecular weight is 508 g/mol. The molecule has 1 nitrogen and oxygen atoms in total. The maximum absolute atomic E-state index is 4.98. The van der Waals surface area contributed by atoms with E-state index in [9.17, 15) is 0 Å². The summed E-state index contributed by atoms with van der Waals surface area (Å²) in [6, 6.07) is 52.2. The van der Waals surface area contributed by atoms with E-state index in [1.165, 1.54) is 71.1 Å². The molecule has 1 heteroatoms. The zero-order valence-corrected chi connectivity index (χ0v) is 21.9. The van der Waals surface area contributed by atoms with Gasteiger partial charge in [0.15, 0.2) is 0 Å². The smallest absolute Gasteiger partial charge is 0.0708 e. The van der Waals surface area contributed by atoms with Crippen LogP contribution in [0.4, 0.5) is 0 Å². The Morgan fingerprint density at radius 2 is 0.825 bits per heavy atom. The van der Waals surface area contributed by atoms with Crippen LogP contribution in [-0.4, -0.2) is 4.98 Å². The van der Waals surface area contributed by atoms with Crippen LogP contribution in [0.2, 0.25) is 0 Å². The number of pyridine rings is 1. The molecule has 0 unspecified atom stereocenters. The molecule has 0 spiro atoms. The molecule has 0 radical (unpaired) electrons. The highest BCUT2D eigenvalue weighted by molar-refractivity contribution is 6.28. The highest BCUT2D eigenvalue weighted by atomic mass is 14.6. The molecule has 7 aromatic carbocycles. The van der Waals surface area contributed by atoms with Gasteiger partial charge in [-0.15, -0.1) is 0 Å². The molecule has 186 valence electrons. The minimum atomic E-state index is 1.01. The van der Waals surface area contributed by atoms with Crippen LogP contribution in [0.15, 0.2) is 152 Å². The van der Waals surface area contributed by atoms with Gasteiger partial charge in [0.1, 0.15) is 0 Å². The number of fused-ring (bicyclic) bond motifs is 5. The summed E-state index contributed by atoms with van der Waals surface area (Å²) in [6.45, 7) is 0. The Labute approximate surface area is 233 Å². The molecule has 1 heterocycles. The monoisotopic (exact) mass is 507 g/mol. The number of hydrogen-bond acceptors (Lipinski definition) is 1. The van der Waals surface area contributed by atoms with Gasteiger partial charge in [-0.3, -0.25) is 4.98 Å². The maximum atomic E-state index is 4.98. The van der Waals surface area contributed by atoms with Gasteiger partial charge < -0.3 is 0 Å². The zero-order valence-electron chi connectivity index (χ0n) is 21.9. The van der Waals surface area contributed by atoms with E-state index in [0.29, 0.717) is 0 Å². The predicted octanol–water partition coefficient (Wildman–Crippen LogP) is 10.7. The summed E-state index contributed by atoms with van der Waals surface area (Å²) in [5, 5.41) is 8.60. The van der Waals surface area contributed by atoms with E-state index in [-0.39, 0.29) is 0 Å². The third-order valence-electron chi connectivity index (χ3n) is 8.10. The maximum Gasteiger partial charge on any atom is 0.0708 e. The molecule has 0 saturated carbocycles. The van der Waals surface area contributed by atoms with Crippen molar-refractivity contribution in [1.29, 1.82) is 0 Å². The van der Waals surface area contributed by atoms with Gasteiger partial charge in [0.2, 0.25) is 0 Å². The van der Waals surface area contributed by atoms with Crippen LogP contribution in [0.25, 0.3) is 76.6 Å². The van der Waals surface area contributed by atoms with Crippen LogP contribution >= 0.6 is 0 Å². The van der Waals surface area contributed by atoms with Crippen LogP contribution in [0.5, 0.6) is 0 Å². The molecule has 0 bridgehead atoms. The second-order valence-electron chi connectivity index (χ2n) is 10.3. The van der Waals surface area contributed by atoms with Gasteiger partial charge in [0.05, 0.1) is 5.52 Å². The second-order valence-corrected chi connectivity index (χ2v) is 10.3. The summed E-state index contributed by atoms with van der Waals surface area (Å²) >= 11 is 0. The lowest BCUT2D eigenvalue weighted by Gasteiger charge is -2.20. The van der Waals surface area contributed by atoms with Crippen LogP contribution in [0.1, 0.15) is 0 Å². The van der Waals surface area contributed by atoms with Gasteiger partial charge in [-0.25, -0.2) is 0 Å². The van der Waals surface area contributed by atoms with Crippen LogP contribution in [0.3, 0.4) is 0 Å². The largest absolute Gasteiger partial charge is 0.256 e. The molecule has 8 aromatic rings. The van der Waals surface area contributed by atoms with E-state index < -0.39 is 0 Å². The normalized spacial score (nSPS) is 11.5. The van der Waals surface area contributed by atoms with E-state index in [1.54, 1.807) is 0 Å². The van der Waals surface area contributed by atoms with Crippen molar-refractivity contribution in [3.63, 3.8) is 0 Å². The van der Waals surface area contributed by atoms with Gasteiger partial charge in [-0.2, -0.15) is 0 Å². The molecule has 0 fully saturated rings. The standard InChI is InChI=1S/C39H25N/c1-3-13-26(14-4-1)28-23-24-33(30-18-8-7-17-29(28)30)38-32-20-10-9-19-31(32)37(27-15-5-2-6-16-27)39-34-21-11-12-22-36(34)40-25-35(38)39/h1-25H. The quantitative estimate of drug-likeness (QED) is 0.171. The molecule has 40 heavy (non-hydrogen) atoms. The number of para-hydroxylation sites is 1.